The van der Waals surface area contributed by atoms with Gasteiger partial charge in [0.1, 0.15) is 0 Å². The lowest BCUT2D eigenvalue weighted by atomic mass is 10.1. The molecule has 0 unspecified atom stereocenters. The van der Waals surface area contributed by atoms with Gasteiger partial charge in [0, 0.05) is 17.1 Å². The maximum Gasteiger partial charge on any atom is 0.276 e. The highest BCUT2D eigenvalue weighted by molar-refractivity contribution is 6.03. The second-order valence-corrected chi connectivity index (χ2v) is 6.28. The number of aromatic nitrogens is 2. The Balaban J connectivity index is 2.23. The first kappa shape index (κ1) is 15.1. The standard InChI is InChI=1S/C16H22N4O/c1-10-6-7-12(9-13(10)17)18-15(21)14-8-11(2)20(19-14)16(3,4)5/h6-9H,17H2,1-5H3,(H,18,21). The zero-order chi connectivity index (χ0) is 15.8. The predicted octanol–water partition coefficient (Wildman–Crippen LogP) is 3.09. The molecule has 0 spiro atoms. The minimum Gasteiger partial charge on any atom is -0.398 e. The van der Waals surface area contributed by atoms with Crippen LogP contribution in [0.5, 0.6) is 0 Å². The quantitative estimate of drug-likeness (QED) is 0.833. The number of nitrogens with one attached hydrogen (secondary N) is 1. The summed E-state index contributed by atoms with van der Waals surface area (Å²) < 4.78 is 1.85. The molecule has 1 heterocycles. The number of hydrogen-bond acceptors (Lipinski definition) is 3. The van der Waals surface area contributed by atoms with Crippen molar-refractivity contribution >= 4 is 17.3 Å². The van der Waals surface area contributed by atoms with Gasteiger partial charge in [0.2, 0.25) is 0 Å². The van der Waals surface area contributed by atoms with Gasteiger partial charge in [-0.25, -0.2) is 0 Å². The predicted molar refractivity (Wildman–Crippen MR) is 85.5 cm³/mol. The van der Waals surface area contributed by atoms with Crippen molar-refractivity contribution in [3.63, 3.8) is 0 Å². The Labute approximate surface area is 125 Å². The number of nitrogens with zero attached hydrogens (tertiary/aromatic N) is 2. The molecule has 2 rings (SSSR count). The SMILES string of the molecule is Cc1ccc(NC(=O)c2cc(C)n(C(C)(C)C)n2)cc1N. The number of carbonyl (C=O) groups is 1. The fourth-order valence-electron chi connectivity index (χ4n) is 2.18. The molecule has 0 atom stereocenters. The molecular formula is C16H22N4O. The lowest BCUT2D eigenvalue weighted by Crippen LogP contribution is -2.25. The van der Waals surface area contributed by atoms with Gasteiger partial charge in [0.25, 0.3) is 5.91 Å². The molecule has 0 saturated heterocycles. The molecule has 0 aliphatic carbocycles. The van der Waals surface area contributed by atoms with E-state index < -0.39 is 0 Å². The van der Waals surface area contributed by atoms with E-state index in [1.54, 1.807) is 12.1 Å². The molecule has 112 valence electrons. The molecule has 0 saturated carbocycles. The van der Waals surface area contributed by atoms with Crippen molar-refractivity contribution in [3.8, 4) is 0 Å². The molecule has 0 aliphatic rings. The van der Waals surface area contributed by atoms with Crippen LogP contribution >= 0.6 is 0 Å². The van der Waals surface area contributed by atoms with E-state index >= 15 is 0 Å². The van der Waals surface area contributed by atoms with Crippen molar-refractivity contribution in [2.75, 3.05) is 11.1 Å². The Kier molecular flexibility index (Phi) is 3.77. The molecule has 21 heavy (non-hydrogen) atoms. The second-order valence-electron chi connectivity index (χ2n) is 6.28. The summed E-state index contributed by atoms with van der Waals surface area (Å²) >= 11 is 0. The van der Waals surface area contributed by atoms with Gasteiger partial charge in [-0.3, -0.25) is 9.48 Å². The lowest BCUT2D eigenvalue weighted by molar-refractivity contribution is 0.102. The van der Waals surface area contributed by atoms with Gasteiger partial charge in [-0.1, -0.05) is 6.07 Å². The molecule has 1 aromatic carbocycles. The highest BCUT2D eigenvalue weighted by Gasteiger charge is 2.20. The summed E-state index contributed by atoms with van der Waals surface area (Å²) in [5.74, 6) is -0.232. The van der Waals surface area contributed by atoms with E-state index in [1.165, 1.54) is 0 Å². The topological polar surface area (TPSA) is 72.9 Å². The average Bonchev–Trinajstić information content (AvgIpc) is 2.76. The number of nitrogens with two attached hydrogens (primary N) is 1. The van der Waals surface area contributed by atoms with Crippen molar-refractivity contribution in [1.29, 1.82) is 0 Å². The van der Waals surface area contributed by atoms with Gasteiger partial charge in [0.15, 0.2) is 5.69 Å². The first-order valence-corrected chi connectivity index (χ1v) is 6.93. The Morgan fingerprint density at radius 1 is 1.24 bits per heavy atom. The summed E-state index contributed by atoms with van der Waals surface area (Å²) in [6, 6.07) is 7.25. The third kappa shape index (κ3) is 3.24. The number of benzene rings is 1. The zero-order valence-corrected chi connectivity index (χ0v) is 13.2. The molecular weight excluding hydrogens is 264 g/mol. The number of rotatable bonds is 2. The van der Waals surface area contributed by atoms with Gasteiger partial charge in [0.05, 0.1) is 5.54 Å². The maximum absolute atomic E-state index is 12.3. The van der Waals surface area contributed by atoms with Gasteiger partial charge in [-0.05, 0) is 58.4 Å². The molecule has 0 radical (unpaired) electrons. The first-order chi connectivity index (χ1) is 9.68. The molecule has 5 nitrogen and oxygen atoms in total. The molecule has 0 bridgehead atoms. The lowest BCUT2D eigenvalue weighted by Gasteiger charge is -2.21. The number of amides is 1. The average molecular weight is 286 g/mol. The number of anilines is 2. The van der Waals surface area contributed by atoms with Crippen LogP contribution in [0.25, 0.3) is 0 Å². The van der Waals surface area contributed by atoms with Crippen molar-refractivity contribution in [2.24, 2.45) is 0 Å². The van der Waals surface area contributed by atoms with Crippen molar-refractivity contribution in [3.05, 3.63) is 41.2 Å². The molecule has 2 aromatic rings. The Hall–Kier alpha value is -2.30. The van der Waals surface area contributed by atoms with Crippen molar-refractivity contribution < 1.29 is 4.79 Å². The first-order valence-electron chi connectivity index (χ1n) is 6.93. The van der Waals surface area contributed by atoms with E-state index in [9.17, 15) is 4.79 Å². The van der Waals surface area contributed by atoms with Gasteiger partial charge < -0.3 is 11.1 Å². The minimum absolute atomic E-state index is 0.156. The van der Waals surface area contributed by atoms with Crippen LogP contribution in [0.2, 0.25) is 0 Å². The van der Waals surface area contributed by atoms with Crippen LogP contribution in [0.3, 0.4) is 0 Å². The van der Waals surface area contributed by atoms with Gasteiger partial charge in [-0.15, -0.1) is 0 Å². The van der Waals surface area contributed by atoms with E-state index in [0.29, 0.717) is 17.1 Å². The van der Waals surface area contributed by atoms with E-state index in [0.717, 1.165) is 11.3 Å². The number of carbonyl (C=O) groups excluding carboxylic acids is 1. The Bertz CT molecular complexity index is 680. The molecule has 3 N–H and O–H groups in total. The van der Waals surface area contributed by atoms with E-state index in [4.69, 9.17) is 5.73 Å². The van der Waals surface area contributed by atoms with Crippen LogP contribution in [-0.2, 0) is 5.54 Å². The third-order valence-electron chi connectivity index (χ3n) is 3.29. The van der Waals surface area contributed by atoms with Crippen LogP contribution in [0.15, 0.2) is 24.3 Å². The van der Waals surface area contributed by atoms with Crippen LogP contribution in [-0.4, -0.2) is 15.7 Å². The fraction of sp³-hybridized carbons (Fsp3) is 0.375. The van der Waals surface area contributed by atoms with Crippen molar-refractivity contribution in [2.45, 2.75) is 40.2 Å². The molecule has 1 aromatic heterocycles. The summed E-state index contributed by atoms with van der Waals surface area (Å²) in [6.45, 7) is 10.0. The van der Waals surface area contributed by atoms with Gasteiger partial charge >= 0.3 is 0 Å². The molecule has 0 fully saturated rings. The highest BCUT2D eigenvalue weighted by atomic mass is 16.1. The maximum atomic E-state index is 12.3. The Morgan fingerprint density at radius 2 is 1.90 bits per heavy atom. The van der Waals surface area contributed by atoms with E-state index in [-0.39, 0.29) is 11.4 Å². The fourth-order valence-corrected chi connectivity index (χ4v) is 2.18. The number of nitrogen functional groups attached to an aromatic ring is 1. The summed E-state index contributed by atoms with van der Waals surface area (Å²) in [5.41, 5.74) is 9.37. The zero-order valence-electron chi connectivity index (χ0n) is 13.2. The van der Waals surface area contributed by atoms with Crippen LogP contribution in [0.1, 0.15) is 42.5 Å². The minimum atomic E-state index is -0.232. The molecule has 1 amide bonds. The summed E-state index contributed by atoms with van der Waals surface area (Å²) in [7, 11) is 0. The summed E-state index contributed by atoms with van der Waals surface area (Å²) in [6.07, 6.45) is 0. The smallest absolute Gasteiger partial charge is 0.276 e. The largest absolute Gasteiger partial charge is 0.398 e. The van der Waals surface area contributed by atoms with E-state index in [1.807, 2.05) is 30.7 Å². The van der Waals surface area contributed by atoms with Crippen LogP contribution in [0, 0.1) is 13.8 Å². The number of aryl methyl sites for hydroxylation is 2. The Morgan fingerprint density at radius 3 is 2.43 bits per heavy atom. The molecule has 5 heteroatoms. The monoisotopic (exact) mass is 286 g/mol. The summed E-state index contributed by atoms with van der Waals surface area (Å²) in [4.78, 5) is 12.3. The normalized spacial score (nSPS) is 11.5. The van der Waals surface area contributed by atoms with Crippen molar-refractivity contribution in [1.82, 2.24) is 9.78 Å². The highest BCUT2D eigenvalue weighted by Crippen LogP contribution is 2.19. The third-order valence-corrected chi connectivity index (χ3v) is 3.29. The van der Waals surface area contributed by atoms with E-state index in [2.05, 4.69) is 31.2 Å². The van der Waals surface area contributed by atoms with Gasteiger partial charge in [-0.2, -0.15) is 5.10 Å². The summed E-state index contributed by atoms with van der Waals surface area (Å²) in [5, 5.41) is 7.21. The second kappa shape index (κ2) is 5.24. The van der Waals surface area contributed by atoms with Crippen LogP contribution in [0.4, 0.5) is 11.4 Å². The molecule has 0 aliphatic heterocycles. The van der Waals surface area contributed by atoms with Crippen LogP contribution < -0.4 is 11.1 Å². The number of hydrogen-bond donors (Lipinski definition) is 2.